The average molecular weight is 300 g/mol. The Morgan fingerprint density at radius 1 is 1.41 bits per heavy atom. The molecular weight excluding hydrogens is 280 g/mol. The maximum absolute atomic E-state index is 9.92. The van der Waals surface area contributed by atoms with Crippen LogP contribution in [0.5, 0.6) is 5.75 Å². The molecule has 2 N–H and O–H groups in total. The first-order valence-corrected chi connectivity index (χ1v) is 7.19. The second kappa shape index (κ2) is 8.17. The van der Waals surface area contributed by atoms with Crippen LogP contribution in [0.4, 0.5) is 0 Å². The largest absolute Gasteiger partial charge is 0.491 e. The second-order valence-electron chi connectivity index (χ2n) is 5.14. The molecule has 0 saturated heterocycles. The van der Waals surface area contributed by atoms with Crippen LogP contribution in [-0.4, -0.2) is 40.2 Å². The minimum atomic E-state index is -0.601. The number of aliphatic hydroxyl groups excluding tert-OH is 1. The minimum absolute atomic E-state index is 0.199. The number of nitrogens with zero attached hydrogens (tertiary/aromatic N) is 3. The van der Waals surface area contributed by atoms with Crippen LogP contribution in [0.2, 0.25) is 0 Å². The smallest absolute Gasteiger partial charge is 0.119 e. The fourth-order valence-corrected chi connectivity index (χ4v) is 1.97. The highest BCUT2D eigenvalue weighted by molar-refractivity contribution is 5.34. The lowest BCUT2D eigenvalue weighted by molar-refractivity contribution is 0.103. The Morgan fingerprint density at radius 3 is 2.82 bits per heavy atom. The van der Waals surface area contributed by atoms with E-state index in [1.165, 1.54) is 0 Å². The highest BCUT2D eigenvalue weighted by Crippen LogP contribution is 2.11. The third-order valence-electron chi connectivity index (χ3n) is 3.15. The van der Waals surface area contributed by atoms with E-state index in [0.29, 0.717) is 17.9 Å². The van der Waals surface area contributed by atoms with Gasteiger partial charge in [0.1, 0.15) is 18.5 Å². The molecule has 6 nitrogen and oxygen atoms in total. The van der Waals surface area contributed by atoms with Crippen molar-refractivity contribution in [2.45, 2.75) is 25.6 Å². The first kappa shape index (κ1) is 16.0. The summed E-state index contributed by atoms with van der Waals surface area (Å²) in [6.45, 7) is 3.43. The van der Waals surface area contributed by atoms with Gasteiger partial charge in [0.05, 0.1) is 18.2 Å². The number of rotatable bonds is 8. The summed E-state index contributed by atoms with van der Waals surface area (Å²) in [6, 6.07) is 10.9. The van der Waals surface area contributed by atoms with Gasteiger partial charge in [0.15, 0.2) is 0 Å². The molecule has 0 radical (unpaired) electrons. The van der Waals surface area contributed by atoms with E-state index in [1.807, 2.05) is 29.9 Å². The van der Waals surface area contributed by atoms with Crippen molar-refractivity contribution in [1.29, 1.82) is 5.26 Å². The molecule has 0 bridgehead atoms. The van der Waals surface area contributed by atoms with Crippen molar-refractivity contribution >= 4 is 0 Å². The lowest BCUT2D eigenvalue weighted by atomic mass is 10.2. The quantitative estimate of drug-likeness (QED) is 0.764. The van der Waals surface area contributed by atoms with Crippen LogP contribution >= 0.6 is 0 Å². The SMILES string of the molecule is C[C@@H](Cn1cccn1)NC[C@H](O)COc1ccc(C#N)cc1. The summed E-state index contributed by atoms with van der Waals surface area (Å²) in [6.07, 6.45) is 3.05. The Hall–Kier alpha value is -2.36. The minimum Gasteiger partial charge on any atom is -0.491 e. The van der Waals surface area contributed by atoms with E-state index < -0.39 is 6.10 Å². The third kappa shape index (κ3) is 5.20. The van der Waals surface area contributed by atoms with Crippen LogP contribution in [0, 0.1) is 11.3 Å². The van der Waals surface area contributed by atoms with Crippen molar-refractivity contribution in [3.05, 3.63) is 48.3 Å². The number of hydrogen-bond donors (Lipinski definition) is 2. The number of hydrogen-bond acceptors (Lipinski definition) is 5. The van der Waals surface area contributed by atoms with Gasteiger partial charge in [-0.1, -0.05) is 0 Å². The van der Waals surface area contributed by atoms with Crippen molar-refractivity contribution in [3.8, 4) is 11.8 Å². The van der Waals surface area contributed by atoms with Gasteiger partial charge in [0, 0.05) is 25.0 Å². The zero-order chi connectivity index (χ0) is 15.8. The van der Waals surface area contributed by atoms with Crippen LogP contribution < -0.4 is 10.1 Å². The summed E-state index contributed by atoms with van der Waals surface area (Å²) in [5.74, 6) is 0.641. The Kier molecular flexibility index (Phi) is 5.95. The summed E-state index contributed by atoms with van der Waals surface area (Å²) in [7, 11) is 0. The molecule has 2 atom stereocenters. The molecule has 1 aromatic heterocycles. The number of ether oxygens (including phenoxy) is 1. The summed E-state index contributed by atoms with van der Waals surface area (Å²) in [5.41, 5.74) is 0.585. The maximum Gasteiger partial charge on any atom is 0.119 e. The van der Waals surface area contributed by atoms with E-state index in [-0.39, 0.29) is 12.6 Å². The molecule has 0 amide bonds. The summed E-state index contributed by atoms with van der Waals surface area (Å²) < 4.78 is 7.33. The highest BCUT2D eigenvalue weighted by Gasteiger charge is 2.08. The fourth-order valence-electron chi connectivity index (χ4n) is 1.97. The third-order valence-corrected chi connectivity index (χ3v) is 3.15. The maximum atomic E-state index is 9.92. The number of nitrogens with one attached hydrogen (secondary N) is 1. The van der Waals surface area contributed by atoms with Crippen LogP contribution in [-0.2, 0) is 6.54 Å². The standard InChI is InChI=1S/C16H20N4O2/c1-13(11-20-8-2-7-19-20)18-10-15(21)12-22-16-5-3-14(9-17)4-6-16/h2-8,13,15,18,21H,10-12H2,1H3/t13-,15-/m0/s1. The molecule has 116 valence electrons. The van der Waals surface area contributed by atoms with Crippen molar-refractivity contribution in [2.24, 2.45) is 0 Å². The molecule has 1 aromatic carbocycles. The molecule has 0 unspecified atom stereocenters. The predicted molar refractivity (Wildman–Crippen MR) is 82.4 cm³/mol. The average Bonchev–Trinajstić information content (AvgIpc) is 3.04. The van der Waals surface area contributed by atoms with Crippen LogP contribution in [0.15, 0.2) is 42.7 Å². The van der Waals surface area contributed by atoms with Gasteiger partial charge in [-0.05, 0) is 37.3 Å². The number of aromatic nitrogens is 2. The molecule has 22 heavy (non-hydrogen) atoms. The molecule has 0 fully saturated rings. The van der Waals surface area contributed by atoms with E-state index >= 15 is 0 Å². The first-order valence-electron chi connectivity index (χ1n) is 7.19. The van der Waals surface area contributed by atoms with E-state index in [1.54, 1.807) is 30.5 Å². The zero-order valence-corrected chi connectivity index (χ0v) is 12.5. The Labute approximate surface area is 130 Å². The van der Waals surface area contributed by atoms with Gasteiger partial charge in [0.2, 0.25) is 0 Å². The van der Waals surface area contributed by atoms with Gasteiger partial charge < -0.3 is 15.2 Å². The second-order valence-corrected chi connectivity index (χ2v) is 5.14. The number of benzene rings is 1. The van der Waals surface area contributed by atoms with E-state index in [4.69, 9.17) is 10.00 Å². The van der Waals surface area contributed by atoms with Crippen molar-refractivity contribution in [1.82, 2.24) is 15.1 Å². The topological polar surface area (TPSA) is 83.1 Å². The van der Waals surface area contributed by atoms with Gasteiger partial charge in [0.25, 0.3) is 0 Å². The van der Waals surface area contributed by atoms with Crippen molar-refractivity contribution in [3.63, 3.8) is 0 Å². The number of nitriles is 1. The van der Waals surface area contributed by atoms with E-state index in [0.717, 1.165) is 6.54 Å². The fraction of sp³-hybridized carbons (Fsp3) is 0.375. The van der Waals surface area contributed by atoms with Gasteiger partial charge in [-0.2, -0.15) is 10.4 Å². The van der Waals surface area contributed by atoms with Crippen molar-refractivity contribution < 1.29 is 9.84 Å². The van der Waals surface area contributed by atoms with Crippen LogP contribution in [0.25, 0.3) is 0 Å². The number of aliphatic hydroxyl groups is 1. The molecule has 2 aromatic rings. The molecule has 6 heteroatoms. The lowest BCUT2D eigenvalue weighted by Gasteiger charge is -2.17. The molecule has 0 aliphatic rings. The molecular formula is C16H20N4O2. The predicted octanol–water partition coefficient (Wildman–Crippen LogP) is 1.17. The molecule has 2 rings (SSSR count). The molecule has 0 spiro atoms. The first-order chi connectivity index (χ1) is 10.7. The van der Waals surface area contributed by atoms with Gasteiger partial charge in [-0.25, -0.2) is 0 Å². The van der Waals surface area contributed by atoms with Crippen LogP contribution in [0.1, 0.15) is 12.5 Å². The Balaban J connectivity index is 1.66. The zero-order valence-electron chi connectivity index (χ0n) is 12.5. The van der Waals surface area contributed by atoms with Gasteiger partial charge in [-0.3, -0.25) is 4.68 Å². The highest BCUT2D eigenvalue weighted by atomic mass is 16.5. The summed E-state index contributed by atoms with van der Waals surface area (Å²) >= 11 is 0. The van der Waals surface area contributed by atoms with Crippen LogP contribution in [0.3, 0.4) is 0 Å². The van der Waals surface area contributed by atoms with Gasteiger partial charge >= 0.3 is 0 Å². The lowest BCUT2D eigenvalue weighted by Crippen LogP contribution is -2.38. The molecule has 1 heterocycles. The summed E-state index contributed by atoms with van der Waals surface area (Å²) in [5, 5.41) is 26.0. The Bertz CT molecular complexity index is 590. The van der Waals surface area contributed by atoms with Gasteiger partial charge in [-0.15, -0.1) is 0 Å². The normalized spacial score (nSPS) is 13.3. The monoisotopic (exact) mass is 300 g/mol. The molecule has 0 aliphatic carbocycles. The Morgan fingerprint density at radius 2 is 2.18 bits per heavy atom. The van der Waals surface area contributed by atoms with E-state index in [2.05, 4.69) is 10.4 Å². The molecule has 0 aliphatic heterocycles. The molecule has 0 saturated carbocycles. The van der Waals surface area contributed by atoms with E-state index in [9.17, 15) is 5.11 Å². The van der Waals surface area contributed by atoms with Crippen molar-refractivity contribution in [2.75, 3.05) is 13.2 Å². The summed E-state index contributed by atoms with van der Waals surface area (Å²) in [4.78, 5) is 0.